The number of pyridine rings is 1. The fourth-order valence-corrected chi connectivity index (χ4v) is 3.37. The Morgan fingerprint density at radius 1 is 1.12 bits per heavy atom. The largest absolute Gasteiger partial charge is 0.468 e. The lowest BCUT2D eigenvalue weighted by atomic mass is 9.87. The zero-order valence-corrected chi connectivity index (χ0v) is 20.4. The van der Waals surface area contributed by atoms with E-state index in [9.17, 15) is 14.4 Å². The van der Waals surface area contributed by atoms with Crippen LogP contribution in [0.25, 0.3) is 11.0 Å². The van der Waals surface area contributed by atoms with E-state index < -0.39 is 17.4 Å². The van der Waals surface area contributed by atoms with E-state index in [1.165, 1.54) is 24.1 Å². The van der Waals surface area contributed by atoms with Crippen molar-refractivity contribution in [1.82, 2.24) is 14.5 Å². The summed E-state index contributed by atoms with van der Waals surface area (Å²) in [6, 6.07) is 8.78. The third kappa shape index (κ3) is 5.59. The molecule has 180 valence electrons. The molecule has 2 aromatic heterocycles. The Balaban J connectivity index is 2.06. The van der Waals surface area contributed by atoms with Crippen molar-refractivity contribution >= 4 is 34.4 Å². The molecule has 0 saturated heterocycles. The van der Waals surface area contributed by atoms with E-state index in [0.29, 0.717) is 29.2 Å². The van der Waals surface area contributed by atoms with Crippen LogP contribution in [0.15, 0.2) is 41.5 Å². The Morgan fingerprint density at radius 2 is 1.79 bits per heavy atom. The minimum atomic E-state index is -0.611. The number of carbonyl (C=O) groups is 2. The molecule has 3 aromatic rings. The number of hydrogen-bond donors (Lipinski definition) is 2. The summed E-state index contributed by atoms with van der Waals surface area (Å²) in [5.41, 5.74) is 1.18. The number of rotatable bonds is 7. The molecule has 0 spiro atoms. The van der Waals surface area contributed by atoms with Gasteiger partial charge in [0.1, 0.15) is 30.0 Å². The molecule has 9 heteroatoms. The zero-order valence-electron chi connectivity index (χ0n) is 20.4. The first-order valence-electron chi connectivity index (χ1n) is 11.1. The van der Waals surface area contributed by atoms with Gasteiger partial charge in [-0.25, -0.2) is 9.97 Å². The number of hydrogen-bond acceptors (Lipinski definition) is 7. The van der Waals surface area contributed by atoms with Crippen LogP contribution in [0.2, 0.25) is 0 Å². The summed E-state index contributed by atoms with van der Waals surface area (Å²) in [5, 5.41) is 6.44. The minimum Gasteiger partial charge on any atom is -0.468 e. The molecule has 34 heavy (non-hydrogen) atoms. The summed E-state index contributed by atoms with van der Waals surface area (Å²) in [4.78, 5) is 46.7. The SMILES string of the molecule is COC(=O)Cn1c(=O)c(NC(=O)c2ccc(C(C)(C)C)cc2)cc2c(NCC(C)C)ncnc21. The van der Waals surface area contributed by atoms with Gasteiger partial charge in [0.15, 0.2) is 0 Å². The van der Waals surface area contributed by atoms with E-state index in [0.717, 1.165) is 5.56 Å². The van der Waals surface area contributed by atoms with Crippen LogP contribution in [0, 0.1) is 5.92 Å². The lowest BCUT2D eigenvalue weighted by Gasteiger charge is -2.19. The molecular weight excluding hydrogens is 434 g/mol. The number of esters is 1. The van der Waals surface area contributed by atoms with Gasteiger partial charge in [-0.15, -0.1) is 0 Å². The maximum Gasteiger partial charge on any atom is 0.325 e. The van der Waals surface area contributed by atoms with Crippen LogP contribution >= 0.6 is 0 Å². The number of fused-ring (bicyclic) bond motifs is 1. The molecular formula is C25H31N5O4. The Labute approximate surface area is 198 Å². The summed E-state index contributed by atoms with van der Waals surface area (Å²) >= 11 is 0. The van der Waals surface area contributed by atoms with E-state index in [2.05, 4.69) is 55.2 Å². The minimum absolute atomic E-state index is 0.0173. The van der Waals surface area contributed by atoms with Gasteiger partial charge in [0.25, 0.3) is 11.5 Å². The van der Waals surface area contributed by atoms with Gasteiger partial charge >= 0.3 is 5.97 Å². The Kier molecular flexibility index (Phi) is 7.34. The number of anilines is 2. The molecule has 2 N–H and O–H groups in total. The highest BCUT2D eigenvalue weighted by Gasteiger charge is 2.19. The number of nitrogens with one attached hydrogen (secondary N) is 2. The summed E-state index contributed by atoms with van der Waals surface area (Å²) in [7, 11) is 1.24. The Hall–Kier alpha value is -3.75. The third-order valence-electron chi connectivity index (χ3n) is 5.34. The van der Waals surface area contributed by atoms with Gasteiger partial charge in [0.05, 0.1) is 12.5 Å². The first-order chi connectivity index (χ1) is 16.0. The highest BCUT2D eigenvalue weighted by atomic mass is 16.5. The van der Waals surface area contributed by atoms with Crippen LogP contribution in [-0.2, 0) is 21.5 Å². The van der Waals surface area contributed by atoms with Crippen molar-refractivity contribution in [3.8, 4) is 0 Å². The van der Waals surface area contributed by atoms with Crippen LogP contribution in [0.4, 0.5) is 11.5 Å². The molecule has 0 saturated carbocycles. The molecule has 0 fully saturated rings. The Bertz CT molecular complexity index is 1260. The monoisotopic (exact) mass is 465 g/mol. The number of aromatic nitrogens is 3. The first kappa shape index (κ1) is 24.9. The van der Waals surface area contributed by atoms with E-state index in [4.69, 9.17) is 4.74 Å². The van der Waals surface area contributed by atoms with Crippen LogP contribution in [-0.4, -0.2) is 40.1 Å². The summed E-state index contributed by atoms with van der Waals surface area (Å²) in [6.07, 6.45) is 1.33. The molecule has 3 rings (SSSR count). The second-order valence-corrected chi connectivity index (χ2v) is 9.54. The maximum absolute atomic E-state index is 13.2. The summed E-state index contributed by atoms with van der Waals surface area (Å²) < 4.78 is 5.93. The van der Waals surface area contributed by atoms with Crippen molar-refractivity contribution in [3.05, 3.63) is 58.1 Å². The standard InChI is InChI=1S/C25H31N5O4/c1-15(2)12-26-21-18-11-19(24(33)30(13-20(31)34-6)22(18)28-14-27-21)29-23(32)16-7-9-17(10-8-16)25(3,4)5/h7-11,14-15H,12-13H2,1-6H3,(H,29,32)(H,26,27,28). The third-order valence-corrected chi connectivity index (χ3v) is 5.34. The molecule has 1 aromatic carbocycles. The maximum atomic E-state index is 13.2. The number of amides is 1. The van der Waals surface area contributed by atoms with E-state index in [-0.39, 0.29) is 23.3 Å². The molecule has 0 radical (unpaired) electrons. The van der Waals surface area contributed by atoms with E-state index in [1.807, 2.05) is 12.1 Å². The van der Waals surface area contributed by atoms with Gasteiger partial charge in [0, 0.05) is 12.1 Å². The lowest BCUT2D eigenvalue weighted by molar-refractivity contribution is -0.141. The summed E-state index contributed by atoms with van der Waals surface area (Å²) in [6.45, 7) is 10.7. The normalized spacial score (nSPS) is 11.5. The number of benzene rings is 1. The fraction of sp³-hybridized carbons (Fsp3) is 0.400. The second kappa shape index (κ2) is 10.0. The van der Waals surface area contributed by atoms with Gasteiger partial charge in [-0.05, 0) is 35.1 Å². The molecule has 0 atom stereocenters. The van der Waals surface area contributed by atoms with Gasteiger partial charge in [-0.1, -0.05) is 46.8 Å². The molecule has 1 amide bonds. The topological polar surface area (TPSA) is 115 Å². The van der Waals surface area contributed by atoms with E-state index in [1.54, 1.807) is 12.1 Å². The van der Waals surface area contributed by atoms with Crippen molar-refractivity contribution in [2.24, 2.45) is 5.92 Å². The molecule has 0 aliphatic rings. The molecule has 0 unspecified atom stereocenters. The fourth-order valence-electron chi connectivity index (χ4n) is 3.37. The molecule has 0 aliphatic heterocycles. The first-order valence-corrected chi connectivity index (χ1v) is 11.1. The average Bonchev–Trinajstić information content (AvgIpc) is 2.79. The van der Waals surface area contributed by atoms with Gasteiger partial charge in [-0.3, -0.25) is 19.0 Å². The van der Waals surface area contributed by atoms with Gasteiger partial charge in [0.2, 0.25) is 0 Å². The van der Waals surface area contributed by atoms with Crippen molar-refractivity contribution in [2.45, 2.75) is 46.6 Å². The predicted molar refractivity (Wildman–Crippen MR) is 132 cm³/mol. The number of carbonyl (C=O) groups excluding carboxylic acids is 2. The van der Waals surface area contributed by atoms with Crippen molar-refractivity contribution in [2.75, 3.05) is 24.3 Å². The smallest absolute Gasteiger partial charge is 0.325 e. The van der Waals surface area contributed by atoms with Crippen molar-refractivity contribution in [1.29, 1.82) is 0 Å². The number of ether oxygens (including phenoxy) is 1. The highest BCUT2D eigenvalue weighted by Crippen LogP contribution is 2.24. The molecule has 0 bridgehead atoms. The van der Waals surface area contributed by atoms with E-state index >= 15 is 0 Å². The van der Waals surface area contributed by atoms with Crippen molar-refractivity contribution in [3.63, 3.8) is 0 Å². The van der Waals surface area contributed by atoms with Gasteiger partial charge < -0.3 is 15.4 Å². The van der Waals surface area contributed by atoms with Gasteiger partial charge in [-0.2, -0.15) is 0 Å². The lowest BCUT2D eigenvalue weighted by Crippen LogP contribution is -2.30. The van der Waals surface area contributed by atoms with Crippen LogP contribution in [0.3, 0.4) is 0 Å². The average molecular weight is 466 g/mol. The quantitative estimate of drug-likeness (QED) is 0.513. The number of nitrogens with zero attached hydrogens (tertiary/aromatic N) is 3. The Morgan fingerprint density at radius 3 is 2.38 bits per heavy atom. The highest BCUT2D eigenvalue weighted by molar-refractivity contribution is 6.05. The number of methoxy groups -OCH3 is 1. The second-order valence-electron chi connectivity index (χ2n) is 9.54. The predicted octanol–water partition coefficient (Wildman–Crippen LogP) is 3.58. The molecule has 9 nitrogen and oxygen atoms in total. The molecule has 2 heterocycles. The van der Waals surface area contributed by atoms with Crippen LogP contribution in [0.5, 0.6) is 0 Å². The summed E-state index contributed by atoms with van der Waals surface area (Å²) in [5.74, 6) is -0.196. The van der Waals surface area contributed by atoms with Crippen molar-refractivity contribution < 1.29 is 14.3 Å². The van der Waals surface area contributed by atoms with Crippen LogP contribution in [0.1, 0.15) is 50.5 Å². The zero-order chi connectivity index (χ0) is 25.0. The molecule has 0 aliphatic carbocycles. The van der Waals surface area contributed by atoms with Crippen LogP contribution < -0.4 is 16.2 Å².